The fraction of sp³-hybridized carbons (Fsp3) is 0.214. The Morgan fingerprint density at radius 3 is 2.65 bits per heavy atom. The van der Waals surface area contributed by atoms with Crippen molar-refractivity contribution in [2.75, 3.05) is 5.32 Å². The number of hydrogen-bond acceptors (Lipinski definition) is 2. The Balaban J connectivity index is 2.19. The number of aromatic nitrogens is 1. The summed E-state index contributed by atoms with van der Waals surface area (Å²) in [6, 6.07) is 12.5. The topological polar surface area (TPSA) is 24.9 Å². The molecule has 88 valence electrons. The van der Waals surface area contributed by atoms with E-state index in [2.05, 4.69) is 29.4 Å². The number of anilines is 1. The minimum absolute atomic E-state index is 0.274. The first-order valence-corrected chi connectivity index (χ1v) is 6.10. The van der Waals surface area contributed by atoms with Crippen LogP contribution in [0.2, 0.25) is 5.02 Å². The van der Waals surface area contributed by atoms with E-state index in [4.69, 9.17) is 11.6 Å². The first kappa shape index (κ1) is 11.9. The van der Waals surface area contributed by atoms with Gasteiger partial charge in [0.15, 0.2) is 0 Å². The van der Waals surface area contributed by atoms with Crippen LogP contribution in [0, 0.1) is 0 Å². The highest BCUT2D eigenvalue weighted by atomic mass is 35.5. The summed E-state index contributed by atoms with van der Waals surface area (Å²) in [5, 5.41) is 4.10. The lowest BCUT2D eigenvalue weighted by Crippen LogP contribution is -2.09. The van der Waals surface area contributed by atoms with Crippen molar-refractivity contribution in [2.45, 2.75) is 19.4 Å². The van der Waals surface area contributed by atoms with Crippen molar-refractivity contribution in [1.82, 2.24) is 4.98 Å². The van der Waals surface area contributed by atoms with Gasteiger partial charge < -0.3 is 5.32 Å². The second-order valence-corrected chi connectivity index (χ2v) is 4.28. The van der Waals surface area contributed by atoms with E-state index in [1.807, 2.05) is 24.3 Å². The van der Waals surface area contributed by atoms with Crippen molar-refractivity contribution in [2.24, 2.45) is 0 Å². The minimum atomic E-state index is 0.274. The highest BCUT2D eigenvalue weighted by Gasteiger charge is 2.09. The lowest BCUT2D eigenvalue weighted by atomic mass is 10.0. The average molecular weight is 247 g/mol. The van der Waals surface area contributed by atoms with Gasteiger partial charge in [-0.15, -0.1) is 0 Å². The van der Waals surface area contributed by atoms with Gasteiger partial charge in [-0.2, -0.15) is 0 Å². The smallest absolute Gasteiger partial charge is 0.0820 e. The normalized spacial score (nSPS) is 12.1. The van der Waals surface area contributed by atoms with Gasteiger partial charge in [-0.05, 0) is 18.1 Å². The van der Waals surface area contributed by atoms with Crippen LogP contribution in [0.3, 0.4) is 0 Å². The molecule has 0 saturated carbocycles. The molecule has 0 saturated heterocycles. The second-order valence-electron chi connectivity index (χ2n) is 3.87. The highest BCUT2D eigenvalue weighted by molar-refractivity contribution is 6.33. The predicted octanol–water partition coefficient (Wildman–Crippen LogP) is 4.30. The summed E-state index contributed by atoms with van der Waals surface area (Å²) in [7, 11) is 0. The molecule has 0 aliphatic rings. The Hall–Kier alpha value is -1.54. The van der Waals surface area contributed by atoms with Crippen molar-refractivity contribution in [1.29, 1.82) is 0 Å². The van der Waals surface area contributed by atoms with Crippen LogP contribution in [-0.2, 0) is 0 Å². The number of hydrogen-bond donors (Lipinski definition) is 1. The second kappa shape index (κ2) is 5.69. The molecule has 1 aromatic carbocycles. The first-order chi connectivity index (χ1) is 8.31. The van der Waals surface area contributed by atoms with Gasteiger partial charge in [-0.1, -0.05) is 48.9 Å². The summed E-state index contributed by atoms with van der Waals surface area (Å²) >= 11 is 6.09. The molecular weight excluding hydrogens is 232 g/mol. The Bertz CT molecular complexity index is 471. The van der Waals surface area contributed by atoms with Crippen LogP contribution >= 0.6 is 11.6 Å². The Morgan fingerprint density at radius 1 is 1.24 bits per heavy atom. The fourth-order valence-electron chi connectivity index (χ4n) is 1.79. The molecule has 2 nitrogen and oxygen atoms in total. The standard InChI is InChI=1S/C14H15ClN2/c1-2-13(11-6-4-3-5-7-11)17-14-8-9-16-10-12(14)15/h3-10,13H,2H2,1H3,(H,16,17). The Labute approximate surface area is 107 Å². The molecule has 1 heterocycles. The van der Waals surface area contributed by atoms with Crippen molar-refractivity contribution in [3.05, 3.63) is 59.4 Å². The lowest BCUT2D eigenvalue weighted by molar-refractivity contribution is 0.749. The molecule has 0 aliphatic carbocycles. The Morgan fingerprint density at radius 2 is 2.00 bits per heavy atom. The summed E-state index contributed by atoms with van der Waals surface area (Å²) in [6.45, 7) is 2.15. The first-order valence-electron chi connectivity index (χ1n) is 5.72. The molecule has 2 rings (SSSR count). The summed E-state index contributed by atoms with van der Waals surface area (Å²) in [5.74, 6) is 0. The number of pyridine rings is 1. The molecule has 0 aliphatic heterocycles. The van der Waals surface area contributed by atoms with E-state index in [9.17, 15) is 0 Å². The van der Waals surface area contributed by atoms with E-state index < -0.39 is 0 Å². The molecule has 0 spiro atoms. The number of rotatable bonds is 4. The van der Waals surface area contributed by atoms with Crippen LogP contribution < -0.4 is 5.32 Å². The quantitative estimate of drug-likeness (QED) is 0.870. The molecule has 1 atom stereocenters. The van der Waals surface area contributed by atoms with Gasteiger partial charge >= 0.3 is 0 Å². The van der Waals surface area contributed by atoms with Crippen LogP contribution in [0.25, 0.3) is 0 Å². The molecule has 0 radical (unpaired) electrons. The van der Waals surface area contributed by atoms with Crippen molar-refractivity contribution < 1.29 is 0 Å². The lowest BCUT2D eigenvalue weighted by Gasteiger charge is -2.19. The largest absolute Gasteiger partial charge is 0.377 e. The monoisotopic (exact) mass is 246 g/mol. The summed E-state index contributed by atoms with van der Waals surface area (Å²) < 4.78 is 0. The van der Waals surface area contributed by atoms with Gasteiger partial charge in [-0.25, -0.2) is 0 Å². The van der Waals surface area contributed by atoms with Crippen LogP contribution in [0.1, 0.15) is 24.9 Å². The zero-order chi connectivity index (χ0) is 12.1. The van der Waals surface area contributed by atoms with E-state index in [0.717, 1.165) is 12.1 Å². The average Bonchev–Trinajstić information content (AvgIpc) is 2.39. The van der Waals surface area contributed by atoms with Gasteiger partial charge in [0.25, 0.3) is 0 Å². The molecule has 0 bridgehead atoms. The third kappa shape index (κ3) is 2.98. The van der Waals surface area contributed by atoms with E-state index in [1.165, 1.54) is 5.56 Å². The molecule has 1 unspecified atom stereocenters. The molecule has 0 fully saturated rings. The molecule has 17 heavy (non-hydrogen) atoms. The van der Waals surface area contributed by atoms with Gasteiger partial charge in [0.2, 0.25) is 0 Å². The molecule has 2 aromatic rings. The van der Waals surface area contributed by atoms with E-state index in [1.54, 1.807) is 12.4 Å². The summed E-state index contributed by atoms with van der Waals surface area (Å²) in [4.78, 5) is 3.98. The number of benzene rings is 1. The van der Waals surface area contributed by atoms with Crippen LogP contribution in [0.15, 0.2) is 48.8 Å². The highest BCUT2D eigenvalue weighted by Crippen LogP contribution is 2.26. The number of halogens is 1. The maximum atomic E-state index is 6.09. The molecule has 3 heteroatoms. The van der Waals surface area contributed by atoms with Crippen LogP contribution in [0.5, 0.6) is 0 Å². The zero-order valence-electron chi connectivity index (χ0n) is 9.73. The van der Waals surface area contributed by atoms with Crippen molar-refractivity contribution in [3.63, 3.8) is 0 Å². The van der Waals surface area contributed by atoms with Crippen molar-refractivity contribution in [3.8, 4) is 0 Å². The van der Waals surface area contributed by atoms with Crippen molar-refractivity contribution >= 4 is 17.3 Å². The maximum Gasteiger partial charge on any atom is 0.0820 e. The third-order valence-electron chi connectivity index (χ3n) is 2.71. The van der Waals surface area contributed by atoms with Crippen LogP contribution in [0.4, 0.5) is 5.69 Å². The molecule has 1 N–H and O–H groups in total. The van der Waals surface area contributed by atoms with E-state index in [0.29, 0.717) is 5.02 Å². The van der Waals surface area contributed by atoms with Gasteiger partial charge in [-0.3, -0.25) is 4.98 Å². The molecular formula is C14H15ClN2. The minimum Gasteiger partial charge on any atom is -0.377 e. The summed E-state index contributed by atoms with van der Waals surface area (Å²) in [5.41, 5.74) is 2.19. The zero-order valence-corrected chi connectivity index (χ0v) is 10.5. The van der Waals surface area contributed by atoms with E-state index >= 15 is 0 Å². The fourth-order valence-corrected chi connectivity index (χ4v) is 1.96. The predicted molar refractivity (Wildman–Crippen MR) is 72.3 cm³/mol. The van der Waals surface area contributed by atoms with Gasteiger partial charge in [0.1, 0.15) is 0 Å². The van der Waals surface area contributed by atoms with Crippen LogP contribution in [-0.4, -0.2) is 4.98 Å². The maximum absolute atomic E-state index is 6.09. The molecule has 1 aromatic heterocycles. The number of nitrogens with one attached hydrogen (secondary N) is 1. The third-order valence-corrected chi connectivity index (χ3v) is 3.01. The number of nitrogens with zero attached hydrogens (tertiary/aromatic N) is 1. The Kier molecular flexibility index (Phi) is 3.99. The SMILES string of the molecule is CCC(Nc1ccncc1Cl)c1ccccc1. The van der Waals surface area contributed by atoms with Gasteiger partial charge in [0.05, 0.1) is 16.8 Å². The summed E-state index contributed by atoms with van der Waals surface area (Å²) in [6.07, 6.45) is 4.40. The molecule has 0 amide bonds. The van der Waals surface area contributed by atoms with E-state index in [-0.39, 0.29) is 6.04 Å². The van der Waals surface area contributed by atoms with Gasteiger partial charge in [0, 0.05) is 12.4 Å².